The standard InChI is InChI=1S/C21H22FN4O4P/c1-2-3-8-18-25-19-20(14-6-4-5-7-16(14)24-21(19)23)26(18)12-13-9-10-17(15(22)11-13)30-31(27,28)29/h4-7,9-11H,2-3,8,12H2,1H3,(H2,23,24)(H2,27,28,29). The first kappa shape index (κ1) is 21.2. The third-order valence-electron chi connectivity index (χ3n) is 5.00. The summed E-state index contributed by atoms with van der Waals surface area (Å²) >= 11 is 0. The lowest BCUT2D eigenvalue weighted by Crippen LogP contribution is -2.06. The third kappa shape index (κ3) is 4.39. The maximum absolute atomic E-state index is 14.4. The number of para-hydroxylation sites is 1. The highest BCUT2D eigenvalue weighted by Crippen LogP contribution is 2.39. The Hall–Kier alpha value is -3.00. The second-order valence-corrected chi connectivity index (χ2v) is 8.44. The molecule has 0 aliphatic heterocycles. The van der Waals surface area contributed by atoms with Gasteiger partial charge in [0.05, 0.1) is 11.0 Å². The number of benzene rings is 2. The van der Waals surface area contributed by atoms with Crippen molar-refractivity contribution >= 4 is 35.6 Å². The minimum absolute atomic E-state index is 0.302. The lowest BCUT2D eigenvalue weighted by atomic mass is 10.1. The van der Waals surface area contributed by atoms with Gasteiger partial charge in [0.25, 0.3) is 0 Å². The van der Waals surface area contributed by atoms with Gasteiger partial charge in [0.2, 0.25) is 0 Å². The first-order valence-corrected chi connectivity index (χ1v) is 11.4. The van der Waals surface area contributed by atoms with E-state index in [9.17, 15) is 8.96 Å². The van der Waals surface area contributed by atoms with E-state index < -0.39 is 19.4 Å². The molecule has 0 aliphatic carbocycles. The molecule has 0 radical (unpaired) electrons. The van der Waals surface area contributed by atoms with Crippen LogP contribution in [0.15, 0.2) is 42.5 Å². The van der Waals surface area contributed by atoms with Crippen molar-refractivity contribution < 1.29 is 23.3 Å². The molecule has 2 heterocycles. The summed E-state index contributed by atoms with van der Waals surface area (Å²) in [6.07, 6.45) is 2.64. The van der Waals surface area contributed by atoms with E-state index in [1.54, 1.807) is 6.07 Å². The van der Waals surface area contributed by atoms with E-state index in [4.69, 9.17) is 20.5 Å². The number of nitrogen functional groups attached to an aromatic ring is 1. The number of nitrogens with zero attached hydrogens (tertiary/aromatic N) is 3. The van der Waals surface area contributed by atoms with Crippen molar-refractivity contribution in [2.24, 2.45) is 0 Å². The van der Waals surface area contributed by atoms with Crippen LogP contribution >= 0.6 is 7.82 Å². The molecule has 0 amide bonds. The van der Waals surface area contributed by atoms with Crippen LogP contribution in [0.4, 0.5) is 10.2 Å². The highest BCUT2D eigenvalue weighted by Gasteiger charge is 2.20. The molecule has 0 aliphatic rings. The molecule has 2 aromatic carbocycles. The largest absolute Gasteiger partial charge is 0.524 e. The summed E-state index contributed by atoms with van der Waals surface area (Å²) in [5.74, 6) is -0.205. The molecular weight excluding hydrogens is 422 g/mol. The van der Waals surface area contributed by atoms with Crippen molar-refractivity contribution in [2.75, 3.05) is 5.73 Å². The fourth-order valence-electron chi connectivity index (χ4n) is 3.63. The second-order valence-electron chi connectivity index (χ2n) is 7.28. The molecule has 8 nitrogen and oxygen atoms in total. The molecule has 2 aromatic heterocycles. The van der Waals surface area contributed by atoms with Gasteiger partial charge < -0.3 is 14.8 Å². The van der Waals surface area contributed by atoms with E-state index in [1.165, 1.54) is 12.1 Å². The first-order chi connectivity index (χ1) is 14.8. The van der Waals surface area contributed by atoms with Crippen molar-refractivity contribution in [3.63, 3.8) is 0 Å². The maximum atomic E-state index is 14.4. The molecule has 0 atom stereocenters. The van der Waals surface area contributed by atoms with Crippen molar-refractivity contribution in [1.29, 1.82) is 0 Å². The second kappa shape index (κ2) is 8.26. The highest BCUT2D eigenvalue weighted by atomic mass is 31.2. The number of halogens is 1. The molecule has 162 valence electrons. The summed E-state index contributed by atoms with van der Waals surface area (Å²) < 4.78 is 31.8. The molecule has 0 saturated carbocycles. The summed E-state index contributed by atoms with van der Waals surface area (Å²) in [6, 6.07) is 11.6. The molecule has 10 heteroatoms. The normalized spacial score (nSPS) is 12.0. The van der Waals surface area contributed by atoms with Crippen LogP contribution in [0.25, 0.3) is 21.9 Å². The number of nitrogens with two attached hydrogens (primary N) is 1. The van der Waals surface area contributed by atoms with Crippen LogP contribution in [0.2, 0.25) is 0 Å². The van der Waals surface area contributed by atoms with Crippen LogP contribution in [-0.2, 0) is 17.5 Å². The van der Waals surface area contributed by atoms with Gasteiger partial charge in [0.1, 0.15) is 11.3 Å². The van der Waals surface area contributed by atoms with Crippen LogP contribution in [-0.4, -0.2) is 24.3 Å². The Morgan fingerprint density at radius 2 is 1.97 bits per heavy atom. The number of anilines is 1. The molecule has 31 heavy (non-hydrogen) atoms. The van der Waals surface area contributed by atoms with Crippen LogP contribution < -0.4 is 10.3 Å². The van der Waals surface area contributed by atoms with E-state index in [0.29, 0.717) is 23.4 Å². The van der Waals surface area contributed by atoms with E-state index in [0.717, 1.165) is 41.5 Å². The number of phosphoric acid groups is 1. The summed E-state index contributed by atoms with van der Waals surface area (Å²) in [6.45, 7) is 2.39. The Morgan fingerprint density at radius 1 is 1.19 bits per heavy atom. The number of imidazole rings is 1. The summed E-state index contributed by atoms with van der Waals surface area (Å²) in [4.78, 5) is 27.1. The number of rotatable bonds is 7. The van der Waals surface area contributed by atoms with E-state index in [1.807, 2.05) is 28.8 Å². The summed E-state index contributed by atoms with van der Waals surface area (Å²) in [5.41, 5.74) is 8.95. The summed E-state index contributed by atoms with van der Waals surface area (Å²) in [7, 11) is -4.85. The zero-order valence-corrected chi connectivity index (χ0v) is 17.7. The number of pyridine rings is 1. The SMILES string of the molecule is CCCCc1nc2c(N)nc3ccccc3c2n1Cc1ccc(OP(=O)(O)O)c(F)c1. The number of aryl methyl sites for hydroxylation is 1. The Kier molecular flexibility index (Phi) is 5.66. The predicted molar refractivity (Wildman–Crippen MR) is 116 cm³/mol. The quantitative estimate of drug-likeness (QED) is 0.366. The molecular formula is C21H22FN4O4P. The number of hydrogen-bond donors (Lipinski definition) is 3. The van der Waals surface area contributed by atoms with Crippen LogP contribution in [0.5, 0.6) is 5.75 Å². The van der Waals surface area contributed by atoms with Crippen LogP contribution in [0.1, 0.15) is 31.2 Å². The molecule has 4 aromatic rings. The Morgan fingerprint density at radius 3 is 2.68 bits per heavy atom. The van der Waals surface area contributed by atoms with Gasteiger partial charge in [0.15, 0.2) is 17.4 Å². The topological polar surface area (TPSA) is 123 Å². The number of unbranched alkanes of at least 4 members (excludes halogenated alkanes) is 1. The zero-order chi connectivity index (χ0) is 22.2. The van der Waals surface area contributed by atoms with Crippen molar-refractivity contribution in [3.05, 3.63) is 59.7 Å². The van der Waals surface area contributed by atoms with Gasteiger partial charge in [-0.25, -0.2) is 18.9 Å². The number of fused-ring (bicyclic) bond motifs is 3. The van der Waals surface area contributed by atoms with Gasteiger partial charge in [-0.05, 0) is 30.2 Å². The molecule has 4 rings (SSSR count). The highest BCUT2D eigenvalue weighted by molar-refractivity contribution is 7.46. The van der Waals surface area contributed by atoms with E-state index in [-0.39, 0.29) is 0 Å². The molecule has 0 spiro atoms. The van der Waals surface area contributed by atoms with Gasteiger partial charge in [-0.1, -0.05) is 37.6 Å². The Balaban J connectivity index is 1.84. The Labute approximate surface area is 177 Å². The van der Waals surface area contributed by atoms with E-state index >= 15 is 0 Å². The van der Waals surface area contributed by atoms with Crippen molar-refractivity contribution in [3.8, 4) is 5.75 Å². The number of hydrogen-bond acceptors (Lipinski definition) is 5. The minimum atomic E-state index is -4.85. The summed E-state index contributed by atoms with van der Waals surface area (Å²) in [5, 5.41) is 0.892. The molecule has 0 bridgehead atoms. The fourth-order valence-corrected chi connectivity index (χ4v) is 4.03. The van der Waals surface area contributed by atoms with Gasteiger partial charge in [0, 0.05) is 18.4 Å². The molecule has 0 saturated heterocycles. The van der Waals surface area contributed by atoms with Crippen LogP contribution in [0, 0.1) is 5.82 Å². The van der Waals surface area contributed by atoms with Crippen LogP contribution in [0.3, 0.4) is 0 Å². The molecule has 0 fully saturated rings. The van der Waals surface area contributed by atoms with Gasteiger partial charge in [-0.2, -0.15) is 0 Å². The monoisotopic (exact) mass is 444 g/mol. The lowest BCUT2D eigenvalue weighted by Gasteiger charge is -2.13. The smallest absolute Gasteiger partial charge is 0.401 e. The maximum Gasteiger partial charge on any atom is 0.524 e. The van der Waals surface area contributed by atoms with Gasteiger partial charge in [-0.15, -0.1) is 0 Å². The Bertz CT molecular complexity index is 1320. The average molecular weight is 444 g/mol. The number of phosphoric ester groups is 1. The van der Waals surface area contributed by atoms with Crippen molar-refractivity contribution in [1.82, 2.24) is 14.5 Å². The predicted octanol–water partition coefficient (Wildman–Crippen LogP) is 4.17. The van der Waals surface area contributed by atoms with Crippen molar-refractivity contribution in [2.45, 2.75) is 32.7 Å². The zero-order valence-electron chi connectivity index (χ0n) is 16.8. The number of aromatic nitrogens is 3. The lowest BCUT2D eigenvalue weighted by molar-refractivity contribution is 0.278. The van der Waals surface area contributed by atoms with Gasteiger partial charge >= 0.3 is 7.82 Å². The first-order valence-electron chi connectivity index (χ1n) is 9.83. The molecule has 4 N–H and O–H groups in total. The van der Waals surface area contributed by atoms with E-state index in [2.05, 4.69) is 16.4 Å². The van der Waals surface area contributed by atoms with Gasteiger partial charge in [-0.3, -0.25) is 9.79 Å². The fraction of sp³-hybridized carbons (Fsp3) is 0.238. The third-order valence-corrected chi connectivity index (χ3v) is 5.43. The minimum Gasteiger partial charge on any atom is -0.401 e. The average Bonchev–Trinajstić information content (AvgIpc) is 3.07. The molecule has 0 unspecified atom stereocenters.